The van der Waals surface area contributed by atoms with Crippen LogP contribution in [0.1, 0.15) is 51.3 Å². The fourth-order valence-electron chi connectivity index (χ4n) is 6.43. The van der Waals surface area contributed by atoms with Crippen LogP contribution in [0.15, 0.2) is 18.2 Å². The van der Waals surface area contributed by atoms with Crippen LogP contribution in [0.2, 0.25) is 15.1 Å². The zero-order chi connectivity index (χ0) is 30.3. The van der Waals surface area contributed by atoms with Crippen LogP contribution in [0.25, 0.3) is 11.1 Å². The van der Waals surface area contributed by atoms with E-state index in [9.17, 15) is 24.9 Å². The average Bonchev–Trinajstić information content (AvgIpc) is 2.93. The molecule has 0 aromatic heterocycles. The molecule has 11 heteroatoms. The van der Waals surface area contributed by atoms with E-state index in [-0.39, 0.29) is 49.5 Å². The van der Waals surface area contributed by atoms with Crippen molar-refractivity contribution in [1.82, 2.24) is 0 Å². The van der Waals surface area contributed by atoms with Gasteiger partial charge in [-0.15, -0.1) is 0 Å². The number of rotatable bonds is 4. The third kappa shape index (κ3) is 3.77. The minimum atomic E-state index is -2.61. The monoisotopic (exact) mass is 620 g/mol. The van der Waals surface area contributed by atoms with E-state index in [0.29, 0.717) is 28.2 Å². The van der Waals surface area contributed by atoms with E-state index in [1.807, 2.05) is 0 Å². The lowest BCUT2D eigenvalue weighted by Crippen LogP contribution is -2.64. The molecule has 0 saturated heterocycles. The van der Waals surface area contributed by atoms with E-state index in [1.54, 1.807) is 26.8 Å². The van der Waals surface area contributed by atoms with E-state index < -0.39 is 40.0 Å². The number of carbonyl (C=O) groups is 2. The largest absolute Gasteiger partial charge is 0.507 e. The van der Waals surface area contributed by atoms with Crippen molar-refractivity contribution < 1.29 is 39.1 Å². The molecule has 0 bridgehead atoms. The Morgan fingerprint density at radius 1 is 0.780 bits per heavy atom. The number of aliphatic hydroxyl groups is 1. The Morgan fingerprint density at radius 2 is 1.34 bits per heavy atom. The Morgan fingerprint density at radius 3 is 1.93 bits per heavy atom. The first-order valence-corrected chi connectivity index (χ1v) is 13.7. The van der Waals surface area contributed by atoms with Gasteiger partial charge in [-0.1, -0.05) is 48.7 Å². The number of halogens is 3. The number of phenols is 2. The molecule has 2 unspecified atom stereocenters. The highest BCUT2D eigenvalue weighted by atomic mass is 35.5. The van der Waals surface area contributed by atoms with Gasteiger partial charge in [-0.3, -0.25) is 9.59 Å². The molecule has 0 fully saturated rings. The normalized spacial score (nSPS) is 20.7. The summed E-state index contributed by atoms with van der Waals surface area (Å²) in [6.45, 7) is 5.09. The zero-order valence-electron chi connectivity index (χ0n) is 23.0. The van der Waals surface area contributed by atoms with Crippen LogP contribution in [0.4, 0.5) is 0 Å². The number of hydrogen-bond acceptors (Lipinski definition) is 8. The van der Waals surface area contributed by atoms with Crippen molar-refractivity contribution in [2.24, 2.45) is 5.92 Å². The molecular formula is C30H27Cl3O8. The number of carbonyl (C=O) groups excluding carboxylic acids is 2. The first-order chi connectivity index (χ1) is 19.2. The van der Waals surface area contributed by atoms with Crippen LogP contribution in [-0.4, -0.2) is 53.8 Å². The number of Topliss-reactive ketones (excluding diaryl/α,β-unsaturated/α-hetero) is 2. The van der Waals surface area contributed by atoms with Gasteiger partial charge in [-0.25, -0.2) is 0 Å². The van der Waals surface area contributed by atoms with Crippen LogP contribution in [0, 0.1) is 12.8 Å². The van der Waals surface area contributed by atoms with Crippen molar-refractivity contribution in [2.75, 3.05) is 21.3 Å². The van der Waals surface area contributed by atoms with Gasteiger partial charge in [-0.05, 0) is 41.5 Å². The van der Waals surface area contributed by atoms with Crippen molar-refractivity contribution in [2.45, 2.75) is 38.2 Å². The molecule has 3 aromatic carbocycles. The molecule has 0 amide bonds. The molecule has 0 heterocycles. The second-order valence-electron chi connectivity index (χ2n) is 10.8. The van der Waals surface area contributed by atoms with Crippen LogP contribution >= 0.6 is 34.8 Å². The lowest BCUT2D eigenvalue weighted by atomic mass is 9.52. The summed E-state index contributed by atoms with van der Waals surface area (Å²) in [5, 5.41) is 33.5. The highest BCUT2D eigenvalue weighted by Crippen LogP contribution is 2.58. The van der Waals surface area contributed by atoms with Gasteiger partial charge in [0.25, 0.3) is 0 Å². The zero-order valence-corrected chi connectivity index (χ0v) is 25.3. The minimum Gasteiger partial charge on any atom is -0.507 e. The quantitative estimate of drug-likeness (QED) is 0.289. The summed E-state index contributed by atoms with van der Waals surface area (Å²) >= 11 is 19.9. The molecule has 2 aliphatic carbocycles. The number of benzene rings is 3. The van der Waals surface area contributed by atoms with Gasteiger partial charge in [0.1, 0.15) is 28.7 Å². The number of phenolic OH excluding ortho intramolecular Hbond substituents is 2. The molecule has 2 aliphatic rings. The van der Waals surface area contributed by atoms with Gasteiger partial charge in [0, 0.05) is 34.7 Å². The van der Waals surface area contributed by atoms with Crippen molar-refractivity contribution in [3.63, 3.8) is 0 Å². The standard InChI is InChI=1S/C30H27Cl3O8/c1-11-20(16(39-4)10-18(41-6)24(11)31)12-7-17(40-5)25(32)13-8-19-29(2,3)23-22(14(34)9-15(35)26(23)33)28(37)30(19,38)27(36)21(12)13/h7,9-10,19,34-35,38H,8H2,1-6H3. The van der Waals surface area contributed by atoms with Gasteiger partial charge in [0.05, 0.1) is 42.0 Å². The van der Waals surface area contributed by atoms with Gasteiger partial charge in [0.2, 0.25) is 11.6 Å². The predicted octanol–water partition coefficient (Wildman–Crippen LogP) is 6.32. The van der Waals surface area contributed by atoms with E-state index in [4.69, 9.17) is 49.0 Å². The van der Waals surface area contributed by atoms with Crippen LogP contribution < -0.4 is 14.2 Å². The third-order valence-corrected chi connectivity index (χ3v) is 9.75. The van der Waals surface area contributed by atoms with E-state index in [1.165, 1.54) is 27.4 Å². The maximum absolute atomic E-state index is 14.6. The Balaban J connectivity index is 1.89. The minimum absolute atomic E-state index is 0.00542. The lowest BCUT2D eigenvalue weighted by Gasteiger charge is -2.51. The highest BCUT2D eigenvalue weighted by Gasteiger charge is 2.64. The number of fused-ring (bicyclic) bond motifs is 3. The van der Waals surface area contributed by atoms with Crippen molar-refractivity contribution in [3.8, 4) is 39.9 Å². The molecular weight excluding hydrogens is 595 g/mol. The molecule has 0 radical (unpaired) electrons. The van der Waals surface area contributed by atoms with Gasteiger partial charge >= 0.3 is 0 Å². The summed E-state index contributed by atoms with van der Waals surface area (Å²) in [6, 6.07) is 4.02. The van der Waals surface area contributed by atoms with E-state index in [2.05, 4.69) is 0 Å². The van der Waals surface area contributed by atoms with E-state index in [0.717, 1.165) is 6.07 Å². The number of ketones is 2. The smallest absolute Gasteiger partial charge is 0.206 e. The lowest BCUT2D eigenvalue weighted by molar-refractivity contribution is -0.0202. The molecule has 41 heavy (non-hydrogen) atoms. The second-order valence-corrected chi connectivity index (χ2v) is 11.9. The van der Waals surface area contributed by atoms with Crippen LogP contribution in [0.5, 0.6) is 28.7 Å². The van der Waals surface area contributed by atoms with Crippen molar-refractivity contribution in [3.05, 3.63) is 61.1 Å². The summed E-state index contributed by atoms with van der Waals surface area (Å²) in [7, 11) is 4.34. The maximum atomic E-state index is 14.6. The first-order valence-electron chi connectivity index (χ1n) is 12.6. The average molecular weight is 622 g/mol. The molecule has 3 N–H and O–H groups in total. The number of aromatic hydroxyl groups is 2. The molecule has 216 valence electrons. The van der Waals surface area contributed by atoms with Gasteiger partial charge in [0.15, 0.2) is 5.60 Å². The number of methoxy groups -OCH3 is 3. The summed E-state index contributed by atoms with van der Waals surface area (Å²) in [5.74, 6) is -3.13. The second kappa shape index (κ2) is 9.70. The fourth-order valence-corrected chi connectivity index (χ4v) is 7.35. The molecule has 3 aromatic rings. The van der Waals surface area contributed by atoms with Crippen LogP contribution in [-0.2, 0) is 11.8 Å². The number of hydrogen-bond donors (Lipinski definition) is 3. The van der Waals surface area contributed by atoms with E-state index >= 15 is 0 Å². The topological polar surface area (TPSA) is 123 Å². The predicted molar refractivity (Wildman–Crippen MR) is 155 cm³/mol. The highest BCUT2D eigenvalue weighted by molar-refractivity contribution is 6.37. The molecule has 2 atom stereocenters. The van der Waals surface area contributed by atoms with Crippen LogP contribution in [0.3, 0.4) is 0 Å². The Labute approximate surface area is 251 Å². The summed E-state index contributed by atoms with van der Waals surface area (Å²) in [4.78, 5) is 28.6. The molecule has 8 nitrogen and oxygen atoms in total. The summed E-state index contributed by atoms with van der Waals surface area (Å²) < 4.78 is 16.6. The SMILES string of the molecule is COc1cc(OC)c(-c2cc(OC)c(Cl)c3c2C(=O)C2(O)C(=O)c4c(O)cc(O)c(Cl)c4C(C)(C)C2C3)c(C)c1Cl. The molecule has 0 saturated carbocycles. The third-order valence-electron chi connectivity index (χ3n) is 8.48. The van der Waals surface area contributed by atoms with Gasteiger partial charge in [-0.2, -0.15) is 0 Å². The Hall–Kier alpha value is -3.17. The molecule has 0 aliphatic heterocycles. The van der Waals surface area contributed by atoms with Crippen molar-refractivity contribution >= 4 is 46.4 Å². The van der Waals surface area contributed by atoms with Gasteiger partial charge < -0.3 is 29.5 Å². The van der Waals surface area contributed by atoms with Crippen molar-refractivity contribution in [1.29, 1.82) is 0 Å². The Bertz CT molecular complexity index is 1680. The molecule has 0 spiro atoms. The number of ether oxygens (including phenoxy) is 3. The maximum Gasteiger partial charge on any atom is 0.206 e. The Kier molecular flexibility index (Phi) is 6.94. The first kappa shape index (κ1) is 29.3. The molecule has 5 rings (SSSR count). The summed E-state index contributed by atoms with van der Waals surface area (Å²) in [5.41, 5.74) is -2.44. The fraction of sp³-hybridized carbons (Fsp3) is 0.333. The summed E-state index contributed by atoms with van der Waals surface area (Å²) in [6.07, 6.45) is -0.0449.